The Morgan fingerprint density at radius 1 is 0.950 bits per heavy atom. The van der Waals surface area contributed by atoms with E-state index in [1.165, 1.54) is 11.3 Å². The Morgan fingerprint density at radius 2 is 1.65 bits per heavy atom. The Kier molecular flexibility index (Phi) is 3.39. The molecule has 2 aromatic carbocycles. The van der Waals surface area contributed by atoms with Crippen molar-refractivity contribution in [3.05, 3.63) is 54.6 Å². The van der Waals surface area contributed by atoms with Crippen molar-refractivity contribution >= 4 is 16.3 Å². The monoisotopic (exact) mass is 282 g/mol. The van der Waals surface area contributed by atoms with Gasteiger partial charge in [-0.1, -0.05) is 41.7 Å². The number of aromatic nitrogens is 1. The second kappa shape index (κ2) is 5.35. The van der Waals surface area contributed by atoms with Crippen LogP contribution in [0.4, 0.5) is 5.00 Å². The first-order valence-electron chi connectivity index (χ1n) is 6.24. The summed E-state index contributed by atoms with van der Waals surface area (Å²) in [5.41, 5.74) is 9.02. The number of nitrogens with zero attached hydrogens (tertiary/aromatic N) is 1. The molecule has 1 aromatic heterocycles. The van der Waals surface area contributed by atoms with E-state index >= 15 is 0 Å². The molecule has 0 radical (unpaired) electrons. The lowest BCUT2D eigenvalue weighted by atomic mass is 10.1. The number of hydrogen-bond donors (Lipinski definition) is 1. The number of thiazole rings is 1. The predicted molar refractivity (Wildman–Crippen MR) is 84.0 cm³/mol. The number of nitrogen functional groups attached to an aromatic ring is 1. The van der Waals surface area contributed by atoms with Gasteiger partial charge in [-0.15, -0.1) is 0 Å². The maximum absolute atomic E-state index is 6.11. The molecule has 20 heavy (non-hydrogen) atoms. The van der Waals surface area contributed by atoms with Crippen LogP contribution in [0.25, 0.3) is 21.8 Å². The van der Waals surface area contributed by atoms with E-state index in [0.29, 0.717) is 0 Å². The van der Waals surface area contributed by atoms with E-state index in [1.807, 2.05) is 54.6 Å². The van der Waals surface area contributed by atoms with E-state index in [0.717, 1.165) is 32.6 Å². The average molecular weight is 282 g/mol. The summed E-state index contributed by atoms with van der Waals surface area (Å²) in [5, 5.41) is 1.67. The molecule has 0 saturated carbocycles. The summed E-state index contributed by atoms with van der Waals surface area (Å²) in [5.74, 6) is 0.825. The topological polar surface area (TPSA) is 48.1 Å². The maximum Gasteiger partial charge on any atom is 0.126 e. The van der Waals surface area contributed by atoms with Crippen LogP contribution in [0.2, 0.25) is 0 Å². The van der Waals surface area contributed by atoms with Crippen molar-refractivity contribution in [3.8, 4) is 27.6 Å². The van der Waals surface area contributed by atoms with Crippen molar-refractivity contribution in [2.45, 2.75) is 0 Å². The molecule has 0 aliphatic carbocycles. The highest BCUT2D eigenvalue weighted by atomic mass is 32.1. The summed E-state index contributed by atoms with van der Waals surface area (Å²) < 4.78 is 5.16. The number of rotatable bonds is 3. The van der Waals surface area contributed by atoms with Crippen LogP contribution in [0.3, 0.4) is 0 Å². The van der Waals surface area contributed by atoms with Crippen molar-refractivity contribution < 1.29 is 4.74 Å². The van der Waals surface area contributed by atoms with E-state index in [-0.39, 0.29) is 0 Å². The van der Waals surface area contributed by atoms with Crippen LogP contribution in [0.1, 0.15) is 0 Å². The Hall–Kier alpha value is -2.33. The second-order valence-electron chi connectivity index (χ2n) is 4.33. The van der Waals surface area contributed by atoms with E-state index < -0.39 is 0 Å². The van der Waals surface area contributed by atoms with Gasteiger partial charge in [0.1, 0.15) is 21.5 Å². The molecule has 4 heteroatoms. The normalized spacial score (nSPS) is 10.4. The van der Waals surface area contributed by atoms with Crippen LogP contribution in [-0.4, -0.2) is 12.1 Å². The molecule has 0 amide bonds. The molecule has 0 unspecified atom stereocenters. The Morgan fingerprint density at radius 3 is 2.30 bits per heavy atom. The molecular weight excluding hydrogens is 268 g/mol. The third kappa shape index (κ3) is 2.38. The zero-order valence-electron chi connectivity index (χ0n) is 11.0. The van der Waals surface area contributed by atoms with Crippen LogP contribution >= 0.6 is 11.3 Å². The summed E-state index contributed by atoms with van der Waals surface area (Å²) in [7, 11) is 1.65. The van der Waals surface area contributed by atoms with Crippen LogP contribution in [-0.2, 0) is 0 Å². The minimum atomic E-state index is 0.731. The third-order valence-corrected chi connectivity index (χ3v) is 3.97. The minimum absolute atomic E-state index is 0.731. The standard InChI is InChI=1S/C16H14N2OS/c1-19-13-9-7-11(8-10-13)14-15(17)20-16(18-14)12-5-3-2-4-6-12/h2-10H,17H2,1H3. The molecule has 3 aromatic rings. The fraction of sp³-hybridized carbons (Fsp3) is 0.0625. The molecule has 1 heterocycles. The molecule has 0 fully saturated rings. The summed E-state index contributed by atoms with van der Waals surface area (Å²) in [6, 6.07) is 17.8. The third-order valence-electron chi connectivity index (χ3n) is 3.04. The lowest BCUT2D eigenvalue weighted by Gasteiger charge is -2.01. The maximum atomic E-state index is 6.11. The fourth-order valence-corrected chi connectivity index (χ4v) is 2.85. The van der Waals surface area contributed by atoms with Crippen molar-refractivity contribution in [1.29, 1.82) is 0 Å². The summed E-state index contributed by atoms with van der Waals surface area (Å²) in [6.07, 6.45) is 0. The van der Waals surface area contributed by atoms with E-state index in [9.17, 15) is 0 Å². The Labute approximate surface area is 121 Å². The number of anilines is 1. The largest absolute Gasteiger partial charge is 0.497 e. The molecule has 0 saturated heterocycles. The van der Waals surface area contributed by atoms with Gasteiger partial charge in [0.2, 0.25) is 0 Å². The SMILES string of the molecule is COc1ccc(-c2nc(-c3ccccc3)sc2N)cc1. The predicted octanol–water partition coefficient (Wildman–Crippen LogP) is 4.07. The van der Waals surface area contributed by atoms with E-state index in [1.54, 1.807) is 7.11 Å². The second-order valence-corrected chi connectivity index (χ2v) is 5.36. The van der Waals surface area contributed by atoms with Crippen molar-refractivity contribution in [2.24, 2.45) is 0 Å². The number of nitrogens with two attached hydrogens (primary N) is 1. The van der Waals surface area contributed by atoms with Gasteiger partial charge < -0.3 is 10.5 Å². The molecule has 0 aliphatic heterocycles. The molecule has 3 rings (SSSR count). The van der Waals surface area contributed by atoms with Crippen molar-refractivity contribution in [1.82, 2.24) is 4.98 Å². The Bertz CT molecular complexity index is 705. The van der Waals surface area contributed by atoms with Crippen LogP contribution in [0, 0.1) is 0 Å². The van der Waals surface area contributed by atoms with Gasteiger partial charge >= 0.3 is 0 Å². The first kappa shape index (κ1) is 12.7. The van der Waals surface area contributed by atoms with Gasteiger partial charge in [0.05, 0.1) is 7.11 Å². The van der Waals surface area contributed by atoms with Gasteiger partial charge in [-0.05, 0) is 24.3 Å². The van der Waals surface area contributed by atoms with Crippen molar-refractivity contribution in [3.63, 3.8) is 0 Å². The summed E-state index contributed by atoms with van der Waals surface area (Å²) >= 11 is 1.51. The molecule has 0 bridgehead atoms. The highest BCUT2D eigenvalue weighted by Crippen LogP contribution is 2.36. The summed E-state index contributed by atoms with van der Waals surface area (Å²) in [4.78, 5) is 4.66. The average Bonchev–Trinajstić information content (AvgIpc) is 2.90. The number of benzene rings is 2. The minimum Gasteiger partial charge on any atom is -0.497 e. The van der Waals surface area contributed by atoms with E-state index in [4.69, 9.17) is 10.5 Å². The van der Waals surface area contributed by atoms with Gasteiger partial charge in [-0.3, -0.25) is 0 Å². The van der Waals surface area contributed by atoms with Gasteiger partial charge in [-0.2, -0.15) is 0 Å². The van der Waals surface area contributed by atoms with Gasteiger partial charge in [0, 0.05) is 11.1 Å². The lowest BCUT2D eigenvalue weighted by molar-refractivity contribution is 0.415. The van der Waals surface area contributed by atoms with Crippen LogP contribution in [0.5, 0.6) is 5.75 Å². The summed E-state index contributed by atoms with van der Waals surface area (Å²) in [6.45, 7) is 0. The first-order chi connectivity index (χ1) is 9.78. The first-order valence-corrected chi connectivity index (χ1v) is 7.06. The highest BCUT2D eigenvalue weighted by molar-refractivity contribution is 7.19. The van der Waals surface area contributed by atoms with Crippen LogP contribution < -0.4 is 10.5 Å². The molecule has 0 spiro atoms. The van der Waals surface area contributed by atoms with E-state index in [2.05, 4.69) is 4.98 Å². The van der Waals surface area contributed by atoms with Crippen LogP contribution in [0.15, 0.2) is 54.6 Å². The number of methoxy groups -OCH3 is 1. The Balaban J connectivity index is 2.00. The molecule has 0 atom stereocenters. The number of hydrogen-bond acceptors (Lipinski definition) is 4. The van der Waals surface area contributed by atoms with Gasteiger partial charge in [-0.25, -0.2) is 4.98 Å². The molecular formula is C16H14N2OS. The number of ether oxygens (including phenoxy) is 1. The zero-order chi connectivity index (χ0) is 13.9. The molecule has 0 aliphatic rings. The van der Waals surface area contributed by atoms with Gasteiger partial charge in [0.25, 0.3) is 0 Å². The molecule has 2 N–H and O–H groups in total. The molecule has 3 nitrogen and oxygen atoms in total. The fourth-order valence-electron chi connectivity index (χ4n) is 1.99. The lowest BCUT2D eigenvalue weighted by Crippen LogP contribution is -1.87. The smallest absolute Gasteiger partial charge is 0.126 e. The molecule has 100 valence electrons. The van der Waals surface area contributed by atoms with Gasteiger partial charge in [0.15, 0.2) is 0 Å². The van der Waals surface area contributed by atoms with Crippen molar-refractivity contribution in [2.75, 3.05) is 12.8 Å². The highest BCUT2D eigenvalue weighted by Gasteiger charge is 2.11. The zero-order valence-corrected chi connectivity index (χ0v) is 11.9. The quantitative estimate of drug-likeness (QED) is 0.787.